The second kappa shape index (κ2) is 5.36. The van der Waals surface area contributed by atoms with Crippen LogP contribution in [0.15, 0.2) is 18.2 Å². The average Bonchev–Trinajstić information content (AvgIpc) is 2.26. The maximum absolute atomic E-state index is 10.9. The van der Waals surface area contributed by atoms with E-state index in [9.17, 15) is 4.79 Å². The number of nitrogens with two attached hydrogens (primary N) is 1. The quantitative estimate of drug-likeness (QED) is 0.760. The largest absolute Gasteiger partial charge is 0.496 e. The van der Waals surface area contributed by atoms with Crippen LogP contribution in [0, 0.1) is 6.92 Å². The molecule has 0 aromatic heterocycles. The number of hydrogen-bond acceptors (Lipinski definition) is 3. The summed E-state index contributed by atoms with van der Waals surface area (Å²) in [5.74, 6) is 0.701. The molecule has 1 rings (SSSR count). The lowest BCUT2D eigenvalue weighted by molar-refractivity contribution is -0.119. The highest BCUT2D eigenvalue weighted by molar-refractivity contribution is 5.77. The van der Waals surface area contributed by atoms with Gasteiger partial charge in [-0.25, -0.2) is 0 Å². The van der Waals surface area contributed by atoms with Crippen molar-refractivity contribution in [3.8, 4) is 5.75 Å². The number of rotatable bonds is 4. The molecule has 0 aliphatic carbocycles. The Morgan fingerprint density at radius 3 is 2.80 bits per heavy atom. The number of hydrogen-bond donors (Lipinski definition) is 2. The minimum atomic E-state index is -0.150. The van der Waals surface area contributed by atoms with Crippen LogP contribution in [-0.2, 0) is 11.3 Å². The Balaban J connectivity index is 2.63. The summed E-state index contributed by atoms with van der Waals surface area (Å²) < 4.78 is 5.14. The lowest BCUT2D eigenvalue weighted by atomic mass is 10.1. The molecule has 0 saturated carbocycles. The summed E-state index contributed by atoms with van der Waals surface area (Å²) >= 11 is 0. The summed E-state index contributed by atoms with van der Waals surface area (Å²) in [5, 5.41) is 2.71. The lowest BCUT2D eigenvalue weighted by Crippen LogP contribution is -2.29. The SMILES string of the molecule is COc1ccc(CNC(=O)CN)cc1C. The third kappa shape index (κ3) is 3.25. The normalized spacial score (nSPS) is 9.80. The first-order valence-electron chi connectivity index (χ1n) is 4.77. The molecule has 0 saturated heterocycles. The molecule has 0 bridgehead atoms. The average molecular weight is 208 g/mol. The van der Waals surface area contributed by atoms with Crippen molar-refractivity contribution in [2.45, 2.75) is 13.5 Å². The van der Waals surface area contributed by atoms with E-state index in [1.54, 1.807) is 7.11 Å². The molecule has 3 N–H and O–H groups in total. The summed E-state index contributed by atoms with van der Waals surface area (Å²) in [7, 11) is 1.64. The number of carbonyl (C=O) groups excluding carboxylic acids is 1. The fourth-order valence-corrected chi connectivity index (χ4v) is 1.32. The van der Waals surface area contributed by atoms with E-state index < -0.39 is 0 Å². The zero-order valence-electron chi connectivity index (χ0n) is 9.04. The topological polar surface area (TPSA) is 64.3 Å². The highest BCUT2D eigenvalue weighted by Gasteiger charge is 2.01. The first kappa shape index (κ1) is 11.5. The molecule has 0 atom stereocenters. The maximum Gasteiger partial charge on any atom is 0.234 e. The van der Waals surface area contributed by atoms with Gasteiger partial charge in [0, 0.05) is 6.54 Å². The Hall–Kier alpha value is -1.55. The molecule has 4 heteroatoms. The number of carbonyl (C=O) groups is 1. The highest BCUT2D eigenvalue weighted by Crippen LogP contribution is 2.18. The number of methoxy groups -OCH3 is 1. The van der Waals surface area contributed by atoms with Gasteiger partial charge < -0.3 is 15.8 Å². The van der Waals surface area contributed by atoms with Crippen LogP contribution in [0.1, 0.15) is 11.1 Å². The Labute approximate surface area is 89.4 Å². The van der Waals surface area contributed by atoms with Crippen LogP contribution < -0.4 is 15.8 Å². The molecular formula is C11H16N2O2. The smallest absolute Gasteiger partial charge is 0.234 e. The molecule has 0 radical (unpaired) electrons. The number of amides is 1. The van der Waals surface area contributed by atoms with Crippen molar-refractivity contribution >= 4 is 5.91 Å². The lowest BCUT2D eigenvalue weighted by Gasteiger charge is -2.08. The second-order valence-corrected chi connectivity index (χ2v) is 3.28. The standard InChI is InChI=1S/C11H16N2O2/c1-8-5-9(3-4-10(8)15-2)7-13-11(14)6-12/h3-5H,6-7,12H2,1-2H3,(H,13,14). The van der Waals surface area contributed by atoms with Gasteiger partial charge in [0.1, 0.15) is 5.75 Å². The predicted molar refractivity (Wildman–Crippen MR) is 58.6 cm³/mol. The Kier molecular flexibility index (Phi) is 4.12. The summed E-state index contributed by atoms with van der Waals surface area (Å²) in [6.07, 6.45) is 0. The van der Waals surface area contributed by atoms with E-state index in [-0.39, 0.29) is 12.5 Å². The van der Waals surface area contributed by atoms with Crippen LogP contribution in [0.4, 0.5) is 0 Å². The van der Waals surface area contributed by atoms with E-state index in [0.717, 1.165) is 16.9 Å². The van der Waals surface area contributed by atoms with E-state index in [1.807, 2.05) is 25.1 Å². The van der Waals surface area contributed by atoms with Crippen LogP contribution in [0.5, 0.6) is 5.75 Å². The number of benzene rings is 1. The third-order valence-electron chi connectivity index (χ3n) is 2.13. The minimum Gasteiger partial charge on any atom is -0.496 e. The fraction of sp³-hybridized carbons (Fsp3) is 0.364. The summed E-state index contributed by atoms with van der Waals surface area (Å²) in [6, 6.07) is 5.79. The fourth-order valence-electron chi connectivity index (χ4n) is 1.32. The highest BCUT2D eigenvalue weighted by atomic mass is 16.5. The van der Waals surface area contributed by atoms with Gasteiger partial charge in [0.25, 0.3) is 0 Å². The summed E-state index contributed by atoms with van der Waals surface area (Å²) in [6.45, 7) is 2.49. The Bertz CT molecular complexity index is 350. The predicted octanol–water partition coefficient (Wildman–Crippen LogP) is 0.579. The Morgan fingerprint density at radius 2 is 2.27 bits per heavy atom. The van der Waals surface area contributed by atoms with E-state index >= 15 is 0 Å². The molecule has 1 amide bonds. The number of nitrogens with one attached hydrogen (secondary N) is 1. The van der Waals surface area contributed by atoms with Gasteiger partial charge in [-0.15, -0.1) is 0 Å². The van der Waals surface area contributed by atoms with Crippen molar-refractivity contribution in [2.24, 2.45) is 5.73 Å². The number of ether oxygens (including phenoxy) is 1. The minimum absolute atomic E-state index is 0.0230. The molecule has 0 aliphatic rings. The van der Waals surface area contributed by atoms with Gasteiger partial charge >= 0.3 is 0 Å². The first-order valence-corrected chi connectivity index (χ1v) is 4.77. The second-order valence-electron chi connectivity index (χ2n) is 3.28. The molecule has 82 valence electrons. The van der Waals surface area contributed by atoms with Crippen LogP contribution in [0.2, 0.25) is 0 Å². The molecular weight excluding hydrogens is 192 g/mol. The monoisotopic (exact) mass is 208 g/mol. The zero-order chi connectivity index (χ0) is 11.3. The van der Waals surface area contributed by atoms with E-state index in [4.69, 9.17) is 10.5 Å². The zero-order valence-corrected chi connectivity index (χ0v) is 9.04. The molecule has 15 heavy (non-hydrogen) atoms. The van der Waals surface area contributed by atoms with Crippen molar-refractivity contribution in [1.82, 2.24) is 5.32 Å². The van der Waals surface area contributed by atoms with Gasteiger partial charge in [-0.1, -0.05) is 12.1 Å². The third-order valence-corrected chi connectivity index (χ3v) is 2.13. The van der Waals surface area contributed by atoms with Gasteiger partial charge in [0.2, 0.25) is 5.91 Å². The summed E-state index contributed by atoms with van der Waals surface area (Å²) in [4.78, 5) is 10.9. The molecule has 0 aliphatic heterocycles. The van der Waals surface area contributed by atoms with Gasteiger partial charge in [0.15, 0.2) is 0 Å². The van der Waals surface area contributed by atoms with Crippen molar-refractivity contribution in [3.05, 3.63) is 29.3 Å². The van der Waals surface area contributed by atoms with E-state index in [0.29, 0.717) is 6.54 Å². The molecule has 0 unspecified atom stereocenters. The molecule has 1 aromatic carbocycles. The van der Waals surface area contributed by atoms with Crippen molar-refractivity contribution in [1.29, 1.82) is 0 Å². The van der Waals surface area contributed by atoms with E-state index in [1.165, 1.54) is 0 Å². The molecule has 0 spiro atoms. The van der Waals surface area contributed by atoms with Crippen molar-refractivity contribution in [3.63, 3.8) is 0 Å². The van der Waals surface area contributed by atoms with Crippen LogP contribution in [0.3, 0.4) is 0 Å². The molecule has 0 heterocycles. The van der Waals surface area contributed by atoms with Crippen molar-refractivity contribution in [2.75, 3.05) is 13.7 Å². The molecule has 0 fully saturated rings. The maximum atomic E-state index is 10.9. The van der Waals surface area contributed by atoms with Crippen LogP contribution in [-0.4, -0.2) is 19.6 Å². The number of aryl methyl sites for hydroxylation is 1. The summed E-state index contributed by atoms with van der Waals surface area (Å²) in [5.41, 5.74) is 7.27. The molecule has 4 nitrogen and oxygen atoms in total. The van der Waals surface area contributed by atoms with Gasteiger partial charge in [-0.3, -0.25) is 4.79 Å². The van der Waals surface area contributed by atoms with Gasteiger partial charge in [-0.2, -0.15) is 0 Å². The van der Waals surface area contributed by atoms with Crippen LogP contribution >= 0.6 is 0 Å². The van der Waals surface area contributed by atoms with E-state index in [2.05, 4.69) is 5.32 Å². The Morgan fingerprint density at radius 1 is 1.53 bits per heavy atom. The first-order chi connectivity index (χ1) is 7.17. The van der Waals surface area contributed by atoms with Gasteiger partial charge in [0.05, 0.1) is 13.7 Å². The van der Waals surface area contributed by atoms with Crippen LogP contribution in [0.25, 0.3) is 0 Å². The van der Waals surface area contributed by atoms with Gasteiger partial charge in [-0.05, 0) is 24.1 Å². The molecule has 1 aromatic rings. The van der Waals surface area contributed by atoms with Crippen molar-refractivity contribution < 1.29 is 9.53 Å².